The van der Waals surface area contributed by atoms with E-state index in [0.29, 0.717) is 30.0 Å². The van der Waals surface area contributed by atoms with Gasteiger partial charge in [-0.15, -0.1) is 6.42 Å². The maximum absolute atomic E-state index is 11.9. The van der Waals surface area contributed by atoms with Crippen molar-refractivity contribution in [1.82, 2.24) is 0 Å². The molecule has 3 unspecified atom stereocenters. The Balaban J connectivity index is 1.71. The summed E-state index contributed by atoms with van der Waals surface area (Å²) in [4.78, 5) is 11.9. The molecule has 3 fully saturated rings. The van der Waals surface area contributed by atoms with E-state index < -0.39 is 5.60 Å². The molecule has 4 aliphatic carbocycles. The molecular weight excluding hydrogens is 284 g/mol. The standard InChI is InChI=1S/C21H28O2/c1-4-21(23)12-9-18-16-6-5-14-13-15(22)7-10-19(14,2)17(16)8-11-20(18,21)3/h1,5,16-18,23H,6-13H2,2-3H3/t16?,17?,18?,19-,20-,21-/m0/s1. The third-order valence-electron chi connectivity index (χ3n) is 8.33. The molecule has 0 heterocycles. The monoisotopic (exact) mass is 312 g/mol. The van der Waals surface area contributed by atoms with Crippen LogP contribution in [0.25, 0.3) is 0 Å². The molecule has 4 rings (SSSR count). The lowest BCUT2D eigenvalue weighted by atomic mass is 9.47. The van der Waals surface area contributed by atoms with Crippen molar-refractivity contribution in [1.29, 1.82) is 0 Å². The highest BCUT2D eigenvalue weighted by atomic mass is 16.3. The van der Waals surface area contributed by atoms with Gasteiger partial charge in [0.25, 0.3) is 0 Å². The van der Waals surface area contributed by atoms with Gasteiger partial charge < -0.3 is 5.11 Å². The minimum absolute atomic E-state index is 0.130. The third-order valence-corrected chi connectivity index (χ3v) is 8.33. The summed E-state index contributed by atoms with van der Waals surface area (Å²) in [5, 5.41) is 11.0. The molecule has 0 saturated heterocycles. The highest BCUT2D eigenvalue weighted by Gasteiger charge is 2.63. The molecule has 0 amide bonds. The van der Waals surface area contributed by atoms with Crippen LogP contribution in [0.2, 0.25) is 0 Å². The summed E-state index contributed by atoms with van der Waals surface area (Å²) < 4.78 is 0. The molecule has 23 heavy (non-hydrogen) atoms. The minimum atomic E-state index is -0.921. The molecule has 0 spiro atoms. The van der Waals surface area contributed by atoms with Gasteiger partial charge in [0.2, 0.25) is 0 Å². The number of rotatable bonds is 0. The molecule has 1 N–H and O–H groups in total. The third kappa shape index (κ3) is 1.84. The largest absolute Gasteiger partial charge is 0.377 e. The predicted molar refractivity (Wildman–Crippen MR) is 90.5 cm³/mol. The minimum Gasteiger partial charge on any atom is -0.377 e. The van der Waals surface area contributed by atoms with E-state index in [1.165, 1.54) is 5.57 Å². The Bertz CT molecular complexity index is 626. The number of fused-ring (bicyclic) bond motifs is 5. The average Bonchev–Trinajstić information content (AvgIpc) is 2.80. The Hall–Kier alpha value is -1.07. The van der Waals surface area contributed by atoms with Crippen LogP contribution in [0.5, 0.6) is 0 Å². The van der Waals surface area contributed by atoms with E-state index in [4.69, 9.17) is 6.42 Å². The highest BCUT2D eigenvalue weighted by Crippen LogP contribution is 2.66. The summed E-state index contributed by atoms with van der Waals surface area (Å²) in [7, 11) is 0. The van der Waals surface area contributed by atoms with Crippen molar-refractivity contribution in [2.24, 2.45) is 28.6 Å². The van der Waals surface area contributed by atoms with Gasteiger partial charge in [0.05, 0.1) is 0 Å². The van der Waals surface area contributed by atoms with Crippen LogP contribution in [0.1, 0.15) is 65.2 Å². The Morgan fingerprint density at radius 3 is 2.70 bits per heavy atom. The molecule has 3 saturated carbocycles. The van der Waals surface area contributed by atoms with Gasteiger partial charge in [-0.05, 0) is 61.7 Å². The van der Waals surface area contributed by atoms with Crippen molar-refractivity contribution in [3.63, 3.8) is 0 Å². The van der Waals surface area contributed by atoms with Crippen LogP contribution in [-0.4, -0.2) is 16.5 Å². The molecular formula is C21H28O2. The number of carbonyl (C=O) groups is 1. The average molecular weight is 312 g/mol. The predicted octanol–water partition coefficient (Wildman–Crippen LogP) is 3.88. The van der Waals surface area contributed by atoms with Crippen molar-refractivity contribution in [3.8, 4) is 12.3 Å². The number of hydrogen-bond acceptors (Lipinski definition) is 2. The maximum Gasteiger partial charge on any atom is 0.136 e. The zero-order valence-electron chi connectivity index (χ0n) is 14.4. The van der Waals surface area contributed by atoms with Gasteiger partial charge in [0, 0.05) is 18.3 Å². The van der Waals surface area contributed by atoms with Crippen molar-refractivity contribution in [2.75, 3.05) is 0 Å². The Morgan fingerprint density at radius 1 is 1.22 bits per heavy atom. The molecule has 6 atom stereocenters. The summed E-state index contributed by atoms with van der Waals surface area (Å²) in [6.45, 7) is 4.62. The van der Waals surface area contributed by atoms with Gasteiger partial charge in [0.15, 0.2) is 0 Å². The highest BCUT2D eigenvalue weighted by molar-refractivity contribution is 5.82. The van der Waals surface area contributed by atoms with Gasteiger partial charge in [-0.25, -0.2) is 0 Å². The Kier molecular flexibility index (Phi) is 3.18. The van der Waals surface area contributed by atoms with Gasteiger partial charge in [-0.1, -0.05) is 31.4 Å². The van der Waals surface area contributed by atoms with Crippen molar-refractivity contribution < 1.29 is 9.90 Å². The fourth-order valence-corrected chi connectivity index (χ4v) is 6.73. The summed E-state index contributed by atoms with van der Waals surface area (Å²) in [5.41, 5.74) is 0.559. The molecule has 2 nitrogen and oxygen atoms in total. The van der Waals surface area contributed by atoms with Gasteiger partial charge in [0.1, 0.15) is 11.4 Å². The first-order valence-corrected chi connectivity index (χ1v) is 9.25. The van der Waals surface area contributed by atoms with Crippen LogP contribution in [-0.2, 0) is 4.79 Å². The van der Waals surface area contributed by atoms with Gasteiger partial charge in [-0.2, -0.15) is 0 Å². The topological polar surface area (TPSA) is 37.3 Å². The van der Waals surface area contributed by atoms with Gasteiger partial charge >= 0.3 is 0 Å². The zero-order chi connectivity index (χ0) is 16.5. The smallest absolute Gasteiger partial charge is 0.136 e. The number of carbonyl (C=O) groups excluding carboxylic acids is 1. The maximum atomic E-state index is 11.9. The molecule has 0 aromatic heterocycles. The van der Waals surface area contributed by atoms with Crippen molar-refractivity contribution in [2.45, 2.75) is 70.8 Å². The quantitative estimate of drug-likeness (QED) is 0.544. The Labute approximate surface area is 139 Å². The second-order valence-corrected chi connectivity index (χ2v) is 8.97. The molecule has 0 aliphatic heterocycles. The first kappa shape index (κ1) is 15.5. The van der Waals surface area contributed by atoms with Crippen molar-refractivity contribution in [3.05, 3.63) is 11.6 Å². The van der Waals surface area contributed by atoms with E-state index in [2.05, 4.69) is 25.8 Å². The number of allylic oxidation sites excluding steroid dienone is 2. The summed E-state index contributed by atoms with van der Waals surface area (Å²) >= 11 is 0. The van der Waals surface area contributed by atoms with Crippen LogP contribution in [0.15, 0.2) is 11.6 Å². The molecule has 0 aromatic rings. The van der Waals surface area contributed by atoms with E-state index in [-0.39, 0.29) is 10.8 Å². The fourth-order valence-electron chi connectivity index (χ4n) is 6.73. The normalized spacial score (nSPS) is 52.0. The molecule has 4 aliphatic rings. The first-order valence-electron chi connectivity index (χ1n) is 9.25. The molecule has 0 radical (unpaired) electrons. The van der Waals surface area contributed by atoms with Crippen LogP contribution in [0.3, 0.4) is 0 Å². The summed E-state index contributed by atoms with van der Waals surface area (Å²) in [6, 6.07) is 0. The first-order chi connectivity index (χ1) is 10.8. The van der Waals surface area contributed by atoms with Gasteiger partial charge in [-0.3, -0.25) is 4.79 Å². The lowest BCUT2D eigenvalue weighted by Crippen LogP contribution is -2.54. The van der Waals surface area contributed by atoms with E-state index in [0.717, 1.165) is 44.9 Å². The summed E-state index contributed by atoms with van der Waals surface area (Å²) in [6.07, 6.45) is 15.6. The molecule has 2 heteroatoms. The van der Waals surface area contributed by atoms with Crippen molar-refractivity contribution >= 4 is 5.78 Å². The summed E-state index contributed by atoms with van der Waals surface area (Å²) in [5.74, 6) is 4.96. The van der Waals surface area contributed by atoms with Crippen LogP contribution >= 0.6 is 0 Å². The van der Waals surface area contributed by atoms with Crippen LogP contribution in [0, 0.1) is 40.9 Å². The number of ketones is 1. The van der Waals surface area contributed by atoms with E-state index in [1.807, 2.05) is 0 Å². The van der Waals surface area contributed by atoms with Crippen LogP contribution in [0.4, 0.5) is 0 Å². The van der Waals surface area contributed by atoms with Crippen LogP contribution < -0.4 is 0 Å². The lowest BCUT2D eigenvalue weighted by molar-refractivity contribution is -0.123. The molecule has 0 bridgehead atoms. The lowest BCUT2D eigenvalue weighted by Gasteiger charge is -2.57. The number of hydrogen-bond donors (Lipinski definition) is 1. The zero-order valence-corrected chi connectivity index (χ0v) is 14.4. The van der Waals surface area contributed by atoms with E-state index in [9.17, 15) is 9.90 Å². The molecule has 124 valence electrons. The van der Waals surface area contributed by atoms with E-state index >= 15 is 0 Å². The Morgan fingerprint density at radius 2 is 1.96 bits per heavy atom. The number of aliphatic hydroxyl groups is 1. The second-order valence-electron chi connectivity index (χ2n) is 8.97. The second kappa shape index (κ2) is 4.73. The van der Waals surface area contributed by atoms with E-state index in [1.54, 1.807) is 0 Å². The molecule has 0 aromatic carbocycles. The fraction of sp³-hybridized carbons (Fsp3) is 0.762. The number of Topliss-reactive ketones (excluding diaryl/α,β-unsaturated/α-hetero) is 1. The SMILES string of the molecule is C#C[C@]1(O)CCC2C3CC=C4CC(=O)CC[C@]4(C)C3CC[C@@]21C. The number of terminal acetylenes is 1.